The Morgan fingerprint density at radius 2 is 2.13 bits per heavy atom. The molecule has 15 heavy (non-hydrogen) atoms. The predicted molar refractivity (Wildman–Crippen MR) is 56.2 cm³/mol. The lowest BCUT2D eigenvalue weighted by Crippen LogP contribution is -2.18. The van der Waals surface area contributed by atoms with E-state index in [9.17, 15) is 0 Å². The molecule has 1 heterocycles. The van der Waals surface area contributed by atoms with Gasteiger partial charge in [0.25, 0.3) is 5.89 Å². The zero-order chi connectivity index (χ0) is 11.3. The van der Waals surface area contributed by atoms with Crippen LogP contribution in [0.4, 0.5) is 0 Å². The van der Waals surface area contributed by atoms with Gasteiger partial charge in [-0.1, -0.05) is 12.1 Å². The molecule has 1 aromatic rings. The van der Waals surface area contributed by atoms with Crippen molar-refractivity contribution < 1.29 is 9.26 Å². The smallest absolute Gasteiger partial charge is 0.252 e. The Kier molecular flexibility index (Phi) is 4.23. The maximum Gasteiger partial charge on any atom is 0.252 e. The minimum Gasteiger partial charge on any atom is -0.366 e. The molecule has 0 spiro atoms. The van der Waals surface area contributed by atoms with Crippen LogP contribution < -0.4 is 5.32 Å². The minimum atomic E-state index is -0.184. The van der Waals surface area contributed by atoms with Crippen molar-refractivity contribution in [2.24, 2.45) is 0 Å². The molecule has 1 N–H and O–H groups in total. The summed E-state index contributed by atoms with van der Waals surface area (Å²) < 4.78 is 10.5. The molecule has 0 aliphatic rings. The van der Waals surface area contributed by atoms with E-state index >= 15 is 0 Å². The summed E-state index contributed by atoms with van der Waals surface area (Å²) in [6.45, 7) is 9.89. The molecule has 5 heteroatoms. The van der Waals surface area contributed by atoms with Crippen LogP contribution >= 0.6 is 0 Å². The van der Waals surface area contributed by atoms with Crippen molar-refractivity contribution in [2.45, 2.75) is 46.4 Å². The van der Waals surface area contributed by atoms with Gasteiger partial charge in [-0.3, -0.25) is 0 Å². The molecule has 1 aromatic heterocycles. The van der Waals surface area contributed by atoms with Crippen molar-refractivity contribution >= 4 is 0 Å². The molecule has 0 bridgehead atoms. The zero-order valence-corrected chi connectivity index (χ0v) is 9.83. The Labute approximate surface area is 90.2 Å². The highest BCUT2D eigenvalue weighted by molar-refractivity contribution is 4.84. The predicted octanol–water partition coefficient (Wildman–Crippen LogP) is 1.49. The number of nitrogens with zero attached hydrogens (tertiary/aromatic N) is 2. The second-order valence-corrected chi connectivity index (χ2v) is 4.29. The Morgan fingerprint density at radius 1 is 1.40 bits per heavy atom. The van der Waals surface area contributed by atoms with Gasteiger partial charge in [-0.15, -0.1) is 0 Å². The van der Waals surface area contributed by atoms with Gasteiger partial charge in [0.15, 0.2) is 5.82 Å². The molecule has 0 aliphatic heterocycles. The minimum absolute atomic E-state index is 0.184. The average Bonchev–Trinajstić information content (AvgIpc) is 2.58. The normalized spacial score (nSPS) is 12.0. The Bertz CT molecular complexity index is 291. The van der Waals surface area contributed by atoms with Crippen LogP contribution in [0.3, 0.4) is 0 Å². The van der Waals surface area contributed by atoms with Gasteiger partial charge in [0.1, 0.15) is 6.61 Å². The number of rotatable bonds is 5. The second-order valence-electron chi connectivity index (χ2n) is 4.29. The molecule has 0 radical (unpaired) electrons. The molecule has 0 unspecified atom stereocenters. The molecule has 0 saturated carbocycles. The standard InChI is InChI=1S/C10H19N3O2/c1-5-11-6-8-12-9(15-13-8)7-14-10(2,3)4/h11H,5-7H2,1-4H3. The molecule has 86 valence electrons. The first-order valence-electron chi connectivity index (χ1n) is 5.17. The maximum atomic E-state index is 5.52. The molecular weight excluding hydrogens is 194 g/mol. The van der Waals surface area contributed by atoms with Gasteiger partial charge >= 0.3 is 0 Å². The zero-order valence-electron chi connectivity index (χ0n) is 9.83. The van der Waals surface area contributed by atoms with Gasteiger partial charge in [-0.25, -0.2) is 0 Å². The van der Waals surface area contributed by atoms with Crippen LogP contribution in [0.1, 0.15) is 39.4 Å². The Hall–Kier alpha value is -0.940. The SMILES string of the molecule is CCNCc1noc(COC(C)(C)C)n1. The van der Waals surface area contributed by atoms with Crippen LogP contribution in [0.2, 0.25) is 0 Å². The van der Waals surface area contributed by atoms with Crippen LogP contribution in [0.15, 0.2) is 4.52 Å². The summed E-state index contributed by atoms with van der Waals surface area (Å²) in [6, 6.07) is 0. The first-order valence-corrected chi connectivity index (χ1v) is 5.17. The molecule has 0 aliphatic carbocycles. The van der Waals surface area contributed by atoms with Crippen molar-refractivity contribution in [1.82, 2.24) is 15.5 Å². The summed E-state index contributed by atoms with van der Waals surface area (Å²) in [5.74, 6) is 1.20. The number of hydrogen-bond donors (Lipinski definition) is 1. The van der Waals surface area contributed by atoms with E-state index < -0.39 is 0 Å². The summed E-state index contributed by atoms with van der Waals surface area (Å²) in [5, 5.41) is 6.95. The molecule has 0 fully saturated rings. The summed E-state index contributed by atoms with van der Waals surface area (Å²) >= 11 is 0. The van der Waals surface area contributed by atoms with E-state index in [1.54, 1.807) is 0 Å². The second kappa shape index (κ2) is 5.23. The van der Waals surface area contributed by atoms with Crippen molar-refractivity contribution in [3.05, 3.63) is 11.7 Å². The summed E-state index contributed by atoms with van der Waals surface area (Å²) in [6.07, 6.45) is 0. The Balaban J connectivity index is 2.39. The lowest BCUT2D eigenvalue weighted by atomic mass is 10.2. The van der Waals surface area contributed by atoms with Gasteiger partial charge in [0.05, 0.1) is 12.1 Å². The third kappa shape index (κ3) is 4.90. The van der Waals surface area contributed by atoms with Crippen LogP contribution in [-0.4, -0.2) is 22.3 Å². The highest BCUT2D eigenvalue weighted by Crippen LogP contribution is 2.10. The van der Waals surface area contributed by atoms with Gasteiger partial charge in [-0.05, 0) is 27.3 Å². The van der Waals surface area contributed by atoms with E-state index in [1.165, 1.54) is 0 Å². The van der Waals surface area contributed by atoms with Crippen molar-refractivity contribution in [2.75, 3.05) is 6.54 Å². The first-order chi connectivity index (χ1) is 7.01. The number of ether oxygens (including phenoxy) is 1. The van der Waals surface area contributed by atoms with E-state index in [0.717, 1.165) is 6.54 Å². The van der Waals surface area contributed by atoms with Crippen molar-refractivity contribution in [3.8, 4) is 0 Å². The third-order valence-corrected chi connectivity index (χ3v) is 1.67. The summed E-state index contributed by atoms with van der Waals surface area (Å²) in [4.78, 5) is 4.19. The van der Waals surface area contributed by atoms with E-state index in [0.29, 0.717) is 24.9 Å². The van der Waals surface area contributed by atoms with Crippen LogP contribution in [0.5, 0.6) is 0 Å². The van der Waals surface area contributed by atoms with E-state index in [4.69, 9.17) is 9.26 Å². The fourth-order valence-corrected chi connectivity index (χ4v) is 0.936. The molecule has 0 atom stereocenters. The first kappa shape index (κ1) is 12.1. The third-order valence-electron chi connectivity index (χ3n) is 1.67. The van der Waals surface area contributed by atoms with Gasteiger partial charge in [-0.2, -0.15) is 4.98 Å². The van der Waals surface area contributed by atoms with Crippen LogP contribution in [0, 0.1) is 0 Å². The van der Waals surface area contributed by atoms with Gasteiger partial charge < -0.3 is 14.6 Å². The van der Waals surface area contributed by atoms with E-state index in [1.807, 2.05) is 27.7 Å². The number of nitrogens with one attached hydrogen (secondary N) is 1. The summed E-state index contributed by atoms with van der Waals surface area (Å²) in [7, 11) is 0. The van der Waals surface area contributed by atoms with Crippen LogP contribution in [-0.2, 0) is 17.9 Å². The van der Waals surface area contributed by atoms with E-state index in [2.05, 4.69) is 15.5 Å². The highest BCUT2D eigenvalue weighted by Gasteiger charge is 2.13. The molecule has 1 rings (SSSR count). The monoisotopic (exact) mass is 213 g/mol. The molecule has 0 saturated heterocycles. The Morgan fingerprint density at radius 3 is 2.73 bits per heavy atom. The average molecular weight is 213 g/mol. The number of hydrogen-bond acceptors (Lipinski definition) is 5. The topological polar surface area (TPSA) is 60.2 Å². The molecule has 0 aromatic carbocycles. The van der Waals surface area contributed by atoms with Crippen LogP contribution in [0.25, 0.3) is 0 Å². The summed E-state index contributed by atoms with van der Waals surface area (Å²) in [5.41, 5.74) is -0.184. The molecule has 5 nitrogen and oxygen atoms in total. The highest BCUT2D eigenvalue weighted by atomic mass is 16.5. The largest absolute Gasteiger partial charge is 0.366 e. The van der Waals surface area contributed by atoms with Crippen molar-refractivity contribution in [3.63, 3.8) is 0 Å². The van der Waals surface area contributed by atoms with Gasteiger partial charge in [0.2, 0.25) is 0 Å². The van der Waals surface area contributed by atoms with Gasteiger partial charge in [0, 0.05) is 0 Å². The van der Waals surface area contributed by atoms with E-state index in [-0.39, 0.29) is 5.60 Å². The lowest BCUT2D eigenvalue weighted by molar-refractivity contribution is -0.0260. The molecule has 0 amide bonds. The maximum absolute atomic E-state index is 5.52. The lowest BCUT2D eigenvalue weighted by Gasteiger charge is -2.17. The number of aromatic nitrogens is 2. The molecular formula is C10H19N3O2. The fourth-order valence-electron chi connectivity index (χ4n) is 0.936. The quantitative estimate of drug-likeness (QED) is 0.803. The fraction of sp³-hybridized carbons (Fsp3) is 0.800. The van der Waals surface area contributed by atoms with Crippen molar-refractivity contribution in [1.29, 1.82) is 0 Å².